The van der Waals surface area contributed by atoms with E-state index in [1.54, 1.807) is 0 Å². The zero-order valence-corrected chi connectivity index (χ0v) is 19.1. The van der Waals surface area contributed by atoms with Gasteiger partial charge in [0.1, 0.15) is 5.25 Å². The highest BCUT2D eigenvalue weighted by molar-refractivity contribution is 8.15. The Kier molecular flexibility index (Phi) is 6.83. The average molecular weight is 461 g/mol. The molecule has 1 atom stereocenters. The molecule has 1 aliphatic heterocycles. The van der Waals surface area contributed by atoms with Crippen LogP contribution in [-0.2, 0) is 19.6 Å². The smallest absolute Gasteiger partial charge is 0.242 e. The molecule has 2 aromatic rings. The highest BCUT2D eigenvalue weighted by Crippen LogP contribution is 2.32. The van der Waals surface area contributed by atoms with E-state index < -0.39 is 15.3 Å². The molecule has 0 radical (unpaired) electrons. The minimum absolute atomic E-state index is 0.0139. The number of hydrogen-bond donors (Lipinski definition) is 2. The Morgan fingerprint density at radius 2 is 1.87 bits per heavy atom. The van der Waals surface area contributed by atoms with Crippen molar-refractivity contribution >= 4 is 50.1 Å². The second-order valence-electron chi connectivity index (χ2n) is 7.19. The van der Waals surface area contributed by atoms with Crippen LogP contribution < -0.4 is 10.5 Å². The normalized spacial score (nSPS) is 17.9. The summed E-state index contributed by atoms with van der Waals surface area (Å²) in [7, 11) is -3.79. The molecule has 0 unspecified atom stereocenters. The highest BCUT2D eigenvalue weighted by atomic mass is 32.2. The third kappa shape index (κ3) is 5.52. The number of carbonyl (C=O) groups is 2. The van der Waals surface area contributed by atoms with E-state index >= 15 is 0 Å². The van der Waals surface area contributed by atoms with E-state index in [0.717, 1.165) is 16.8 Å². The molecule has 3 rings (SSSR count). The Labute approximate surface area is 186 Å². The Morgan fingerprint density at radius 3 is 2.48 bits per heavy atom. The molecule has 31 heavy (non-hydrogen) atoms. The minimum atomic E-state index is -3.79. The molecule has 1 fully saturated rings. The Bertz CT molecular complexity index is 1140. The number of nitrogens with two attached hydrogens (primary N) is 1. The first-order chi connectivity index (χ1) is 14.6. The average Bonchev–Trinajstić information content (AvgIpc) is 2.98. The predicted molar refractivity (Wildman–Crippen MR) is 123 cm³/mol. The summed E-state index contributed by atoms with van der Waals surface area (Å²) in [4.78, 5) is 31.3. The SMILES string of the molecule is CCN1C(=O)[C@@H](CC(=O)Nc2cc(C)ccc2C)SC1=Nc1ccc(S(N)(=O)=O)cc1. The molecular weight excluding hydrogens is 436 g/mol. The Morgan fingerprint density at radius 1 is 1.19 bits per heavy atom. The minimum Gasteiger partial charge on any atom is -0.326 e. The maximum absolute atomic E-state index is 12.8. The van der Waals surface area contributed by atoms with Gasteiger partial charge in [-0.3, -0.25) is 14.5 Å². The van der Waals surface area contributed by atoms with Crippen LogP contribution in [0, 0.1) is 13.8 Å². The van der Waals surface area contributed by atoms with Gasteiger partial charge in [0, 0.05) is 18.7 Å². The van der Waals surface area contributed by atoms with Gasteiger partial charge in [-0.05, 0) is 62.2 Å². The fourth-order valence-electron chi connectivity index (χ4n) is 3.08. The molecule has 0 aliphatic carbocycles. The number of carbonyl (C=O) groups excluding carboxylic acids is 2. The van der Waals surface area contributed by atoms with E-state index in [1.165, 1.54) is 40.9 Å². The summed E-state index contributed by atoms with van der Waals surface area (Å²) in [6.45, 7) is 6.10. The van der Waals surface area contributed by atoms with Gasteiger partial charge in [-0.1, -0.05) is 23.9 Å². The van der Waals surface area contributed by atoms with Crippen LogP contribution in [0.2, 0.25) is 0 Å². The molecule has 8 nitrogen and oxygen atoms in total. The lowest BCUT2D eigenvalue weighted by atomic mass is 10.1. The second-order valence-corrected chi connectivity index (χ2v) is 9.92. The lowest BCUT2D eigenvalue weighted by Crippen LogP contribution is -2.33. The van der Waals surface area contributed by atoms with Crippen molar-refractivity contribution < 1.29 is 18.0 Å². The van der Waals surface area contributed by atoms with E-state index in [0.29, 0.717) is 17.4 Å². The molecule has 0 aromatic heterocycles. The van der Waals surface area contributed by atoms with Gasteiger partial charge in [0.15, 0.2) is 5.17 Å². The number of nitrogens with one attached hydrogen (secondary N) is 1. The van der Waals surface area contributed by atoms with E-state index in [2.05, 4.69) is 10.3 Å². The first kappa shape index (κ1) is 23.0. The number of nitrogens with zero attached hydrogens (tertiary/aromatic N) is 2. The molecular formula is C21H24N4O4S2. The van der Waals surface area contributed by atoms with Crippen molar-refractivity contribution in [3.05, 3.63) is 53.6 Å². The molecule has 2 amide bonds. The molecule has 1 aliphatic rings. The molecule has 0 bridgehead atoms. The molecule has 1 heterocycles. The van der Waals surface area contributed by atoms with Gasteiger partial charge in [0.2, 0.25) is 21.8 Å². The summed E-state index contributed by atoms with van der Waals surface area (Å²) >= 11 is 1.22. The zero-order valence-electron chi connectivity index (χ0n) is 17.5. The number of aliphatic imine (C=N–C) groups is 1. The number of rotatable bonds is 6. The lowest BCUT2D eigenvalue weighted by molar-refractivity contribution is -0.128. The summed E-state index contributed by atoms with van der Waals surface area (Å²) in [6.07, 6.45) is 0.0246. The van der Waals surface area contributed by atoms with Crippen LogP contribution in [0.5, 0.6) is 0 Å². The maximum atomic E-state index is 12.8. The van der Waals surface area contributed by atoms with Crippen LogP contribution >= 0.6 is 11.8 Å². The first-order valence-electron chi connectivity index (χ1n) is 9.65. The molecule has 0 saturated carbocycles. The summed E-state index contributed by atoms with van der Waals surface area (Å²) in [6, 6.07) is 11.6. The topological polar surface area (TPSA) is 122 Å². The number of amides is 2. The number of thioether (sulfide) groups is 1. The monoisotopic (exact) mass is 460 g/mol. The Hall–Kier alpha value is -2.69. The number of aryl methyl sites for hydroxylation is 2. The van der Waals surface area contributed by atoms with E-state index in [4.69, 9.17) is 5.14 Å². The highest BCUT2D eigenvalue weighted by Gasteiger charge is 2.38. The predicted octanol–water partition coefficient (Wildman–Crippen LogP) is 2.93. The van der Waals surface area contributed by atoms with E-state index in [-0.39, 0.29) is 23.1 Å². The summed E-state index contributed by atoms with van der Waals surface area (Å²) in [5, 5.41) is 7.89. The van der Waals surface area contributed by atoms with Crippen molar-refractivity contribution in [1.82, 2.24) is 4.90 Å². The summed E-state index contributed by atoms with van der Waals surface area (Å²) < 4.78 is 22.8. The quantitative estimate of drug-likeness (QED) is 0.686. The van der Waals surface area contributed by atoms with Crippen LogP contribution in [0.1, 0.15) is 24.5 Å². The van der Waals surface area contributed by atoms with Crippen LogP contribution in [0.4, 0.5) is 11.4 Å². The van der Waals surface area contributed by atoms with Gasteiger partial charge in [-0.25, -0.2) is 18.5 Å². The molecule has 164 valence electrons. The number of amidine groups is 1. The van der Waals surface area contributed by atoms with Crippen LogP contribution in [-0.4, -0.2) is 42.1 Å². The van der Waals surface area contributed by atoms with Gasteiger partial charge < -0.3 is 5.32 Å². The van der Waals surface area contributed by atoms with Crippen LogP contribution in [0.3, 0.4) is 0 Å². The Balaban J connectivity index is 1.74. The number of anilines is 1. The molecule has 1 saturated heterocycles. The number of benzene rings is 2. The molecule has 0 spiro atoms. The van der Waals surface area contributed by atoms with Crippen molar-refractivity contribution in [2.75, 3.05) is 11.9 Å². The van der Waals surface area contributed by atoms with Gasteiger partial charge in [-0.15, -0.1) is 0 Å². The second kappa shape index (κ2) is 9.21. The molecule has 10 heteroatoms. The fraction of sp³-hybridized carbons (Fsp3) is 0.286. The molecule has 3 N–H and O–H groups in total. The number of primary sulfonamides is 1. The van der Waals surface area contributed by atoms with Gasteiger partial charge in [0.25, 0.3) is 0 Å². The number of sulfonamides is 1. The third-order valence-corrected chi connectivity index (χ3v) is 6.87. The van der Waals surface area contributed by atoms with Crippen molar-refractivity contribution in [2.24, 2.45) is 10.1 Å². The van der Waals surface area contributed by atoms with E-state index in [1.807, 2.05) is 39.0 Å². The van der Waals surface area contributed by atoms with Crippen LogP contribution in [0.25, 0.3) is 0 Å². The first-order valence-corrected chi connectivity index (χ1v) is 12.1. The number of hydrogen-bond acceptors (Lipinski definition) is 6. The van der Waals surface area contributed by atoms with Crippen molar-refractivity contribution in [3.8, 4) is 0 Å². The van der Waals surface area contributed by atoms with Crippen molar-refractivity contribution in [1.29, 1.82) is 0 Å². The zero-order chi connectivity index (χ0) is 22.8. The van der Waals surface area contributed by atoms with Gasteiger partial charge in [0.05, 0.1) is 10.6 Å². The summed E-state index contributed by atoms with van der Waals surface area (Å²) in [5.41, 5.74) is 3.20. The standard InChI is InChI=1S/C21H24N4O4S2/c1-4-25-20(27)18(12-19(26)24-17-11-13(2)5-6-14(17)3)30-21(25)23-15-7-9-16(10-8-15)31(22,28)29/h5-11,18H,4,12H2,1-3H3,(H,24,26)(H2,22,28,29)/t18-/m1/s1. The van der Waals surface area contributed by atoms with Crippen molar-refractivity contribution in [2.45, 2.75) is 37.3 Å². The van der Waals surface area contributed by atoms with Crippen molar-refractivity contribution in [3.63, 3.8) is 0 Å². The van der Waals surface area contributed by atoms with Gasteiger partial charge in [-0.2, -0.15) is 0 Å². The largest absolute Gasteiger partial charge is 0.326 e. The lowest BCUT2D eigenvalue weighted by Gasteiger charge is -2.13. The fourth-order valence-corrected chi connectivity index (χ4v) is 4.81. The van der Waals surface area contributed by atoms with Crippen LogP contribution in [0.15, 0.2) is 52.4 Å². The third-order valence-electron chi connectivity index (χ3n) is 4.76. The summed E-state index contributed by atoms with van der Waals surface area (Å²) in [5.74, 6) is -0.419. The van der Waals surface area contributed by atoms with Gasteiger partial charge >= 0.3 is 0 Å². The maximum Gasteiger partial charge on any atom is 0.242 e. The molecule has 2 aromatic carbocycles. The van der Waals surface area contributed by atoms with E-state index in [9.17, 15) is 18.0 Å².